The molecule has 26 heavy (non-hydrogen) atoms. The van der Waals surface area contributed by atoms with Gasteiger partial charge in [-0.3, -0.25) is 0 Å². The molecule has 1 aromatic heterocycles. The molecule has 1 fully saturated rings. The van der Waals surface area contributed by atoms with Crippen LogP contribution in [0.15, 0.2) is 39.4 Å². The lowest BCUT2D eigenvalue weighted by molar-refractivity contribution is 0.363. The standard InChI is InChI=1S/C16H19ClN8S/c1-16(19)5-7-25(8-6-16)12-9-21-15(14(18)22-12)26-11-4-2-3-10(13(11)17)23-24-20/h2-4,9H,5-8,19H2,1H3,(H2,18,22). The van der Waals surface area contributed by atoms with E-state index in [9.17, 15) is 0 Å². The van der Waals surface area contributed by atoms with Gasteiger partial charge in [-0.1, -0.05) is 40.6 Å². The highest BCUT2D eigenvalue weighted by molar-refractivity contribution is 7.99. The van der Waals surface area contributed by atoms with Crippen LogP contribution in [0.25, 0.3) is 10.4 Å². The predicted octanol–water partition coefficient (Wildman–Crippen LogP) is 4.12. The molecule has 4 N–H and O–H groups in total. The lowest BCUT2D eigenvalue weighted by Gasteiger charge is -2.37. The van der Waals surface area contributed by atoms with Gasteiger partial charge in [-0.15, -0.1) is 0 Å². The van der Waals surface area contributed by atoms with Gasteiger partial charge >= 0.3 is 0 Å². The minimum Gasteiger partial charge on any atom is -0.381 e. The first-order valence-electron chi connectivity index (χ1n) is 8.07. The number of hydrogen-bond donors (Lipinski definition) is 2. The fourth-order valence-electron chi connectivity index (χ4n) is 2.67. The van der Waals surface area contributed by atoms with Gasteiger partial charge in [0.15, 0.2) is 5.82 Å². The van der Waals surface area contributed by atoms with Crippen molar-refractivity contribution in [3.63, 3.8) is 0 Å². The third-order valence-electron chi connectivity index (χ3n) is 4.28. The van der Waals surface area contributed by atoms with E-state index >= 15 is 0 Å². The number of aromatic nitrogens is 2. The zero-order valence-corrected chi connectivity index (χ0v) is 15.8. The molecular formula is C16H19ClN8S. The van der Waals surface area contributed by atoms with Gasteiger partial charge in [0.05, 0.1) is 16.9 Å². The summed E-state index contributed by atoms with van der Waals surface area (Å²) < 4.78 is 0. The average Bonchev–Trinajstić information content (AvgIpc) is 2.60. The van der Waals surface area contributed by atoms with Crippen molar-refractivity contribution in [2.45, 2.75) is 35.2 Å². The van der Waals surface area contributed by atoms with Gasteiger partial charge in [0.2, 0.25) is 0 Å². The Balaban J connectivity index is 1.79. The molecule has 1 aliphatic rings. The molecule has 8 nitrogen and oxygen atoms in total. The molecule has 2 heterocycles. The molecule has 0 saturated carbocycles. The molecule has 0 radical (unpaired) electrons. The summed E-state index contributed by atoms with van der Waals surface area (Å²) in [6, 6.07) is 5.21. The van der Waals surface area contributed by atoms with Crippen LogP contribution in [0.2, 0.25) is 5.02 Å². The molecule has 1 aromatic carbocycles. The molecule has 0 aliphatic carbocycles. The Hall–Kier alpha value is -2.19. The van der Waals surface area contributed by atoms with E-state index in [0.29, 0.717) is 26.4 Å². The van der Waals surface area contributed by atoms with Crippen molar-refractivity contribution >= 4 is 40.7 Å². The summed E-state index contributed by atoms with van der Waals surface area (Å²) in [6.07, 6.45) is 3.50. The molecular weight excluding hydrogens is 372 g/mol. The Morgan fingerprint density at radius 3 is 2.77 bits per heavy atom. The van der Waals surface area contributed by atoms with E-state index in [1.807, 2.05) is 6.07 Å². The van der Waals surface area contributed by atoms with Crippen LogP contribution in [0, 0.1) is 0 Å². The smallest absolute Gasteiger partial charge is 0.158 e. The summed E-state index contributed by atoms with van der Waals surface area (Å²) in [5.74, 6) is 1.08. The zero-order chi connectivity index (χ0) is 18.7. The number of hydrogen-bond acceptors (Lipinski definition) is 7. The van der Waals surface area contributed by atoms with Gasteiger partial charge in [0.1, 0.15) is 10.8 Å². The second-order valence-corrected chi connectivity index (χ2v) is 7.85. The molecule has 0 amide bonds. The summed E-state index contributed by atoms with van der Waals surface area (Å²) in [5.41, 5.74) is 21.1. The van der Waals surface area contributed by atoms with Gasteiger partial charge in [-0.05, 0) is 31.4 Å². The lowest BCUT2D eigenvalue weighted by atomic mass is 9.91. The molecule has 1 saturated heterocycles. The van der Waals surface area contributed by atoms with Gasteiger partial charge in [0, 0.05) is 28.4 Å². The van der Waals surface area contributed by atoms with Crippen molar-refractivity contribution in [2.75, 3.05) is 23.7 Å². The average molecular weight is 391 g/mol. The molecule has 0 atom stereocenters. The van der Waals surface area contributed by atoms with Crippen LogP contribution in [0.4, 0.5) is 17.3 Å². The highest BCUT2D eigenvalue weighted by Gasteiger charge is 2.27. The first kappa shape index (κ1) is 18.6. The van der Waals surface area contributed by atoms with E-state index in [0.717, 1.165) is 31.7 Å². The Morgan fingerprint density at radius 2 is 2.12 bits per heavy atom. The fraction of sp³-hybridized carbons (Fsp3) is 0.375. The van der Waals surface area contributed by atoms with E-state index < -0.39 is 0 Å². The highest BCUT2D eigenvalue weighted by Crippen LogP contribution is 2.39. The molecule has 3 rings (SSSR count). The van der Waals surface area contributed by atoms with Gasteiger partial charge < -0.3 is 16.4 Å². The van der Waals surface area contributed by atoms with Crippen LogP contribution in [-0.4, -0.2) is 28.6 Å². The first-order chi connectivity index (χ1) is 12.4. The van der Waals surface area contributed by atoms with Crippen molar-refractivity contribution < 1.29 is 0 Å². The Bertz CT molecular complexity index is 855. The largest absolute Gasteiger partial charge is 0.381 e. The summed E-state index contributed by atoms with van der Waals surface area (Å²) in [5, 5.41) is 4.48. The van der Waals surface area contributed by atoms with Crippen molar-refractivity contribution in [1.82, 2.24) is 9.97 Å². The number of rotatable bonds is 4. The maximum Gasteiger partial charge on any atom is 0.158 e. The highest BCUT2D eigenvalue weighted by atomic mass is 35.5. The number of anilines is 2. The first-order valence-corrected chi connectivity index (χ1v) is 9.27. The molecule has 0 unspecified atom stereocenters. The van der Waals surface area contributed by atoms with E-state index in [4.69, 9.17) is 28.6 Å². The number of benzene rings is 1. The van der Waals surface area contributed by atoms with Crippen molar-refractivity contribution in [2.24, 2.45) is 10.8 Å². The summed E-state index contributed by atoms with van der Waals surface area (Å²) in [6.45, 7) is 3.72. The fourth-order valence-corrected chi connectivity index (χ4v) is 3.75. The van der Waals surface area contributed by atoms with Gasteiger partial charge in [-0.25, -0.2) is 9.97 Å². The van der Waals surface area contributed by atoms with Crippen LogP contribution < -0.4 is 16.4 Å². The van der Waals surface area contributed by atoms with E-state index in [1.54, 1.807) is 18.3 Å². The van der Waals surface area contributed by atoms with Gasteiger partial charge in [-0.2, -0.15) is 0 Å². The molecule has 136 valence electrons. The third-order valence-corrected chi connectivity index (χ3v) is 5.86. The van der Waals surface area contributed by atoms with Crippen molar-refractivity contribution in [3.8, 4) is 0 Å². The minimum atomic E-state index is -0.126. The van der Waals surface area contributed by atoms with Gasteiger partial charge in [0.25, 0.3) is 0 Å². The normalized spacial score (nSPS) is 16.2. The summed E-state index contributed by atoms with van der Waals surface area (Å²) in [4.78, 5) is 14.5. The minimum absolute atomic E-state index is 0.126. The number of halogens is 1. The number of piperidine rings is 1. The van der Waals surface area contributed by atoms with E-state index in [-0.39, 0.29) is 5.54 Å². The second-order valence-electron chi connectivity index (χ2n) is 6.44. The Labute approximate surface area is 160 Å². The predicted molar refractivity (Wildman–Crippen MR) is 105 cm³/mol. The number of nitrogen functional groups attached to an aromatic ring is 1. The maximum atomic E-state index is 8.59. The van der Waals surface area contributed by atoms with Crippen molar-refractivity contribution in [3.05, 3.63) is 39.9 Å². The number of nitrogens with two attached hydrogens (primary N) is 2. The zero-order valence-electron chi connectivity index (χ0n) is 14.3. The molecule has 1 aliphatic heterocycles. The SMILES string of the molecule is CC1(N)CCN(c2cnc(Sc3cccc(N=[N+]=[N-])c3Cl)c(N)n2)CC1. The van der Waals surface area contributed by atoms with Crippen LogP contribution in [0.1, 0.15) is 19.8 Å². The van der Waals surface area contributed by atoms with Crippen molar-refractivity contribution in [1.29, 1.82) is 0 Å². The third kappa shape index (κ3) is 4.13. The van der Waals surface area contributed by atoms with Crippen LogP contribution in [-0.2, 0) is 0 Å². The maximum absolute atomic E-state index is 8.59. The Kier molecular flexibility index (Phi) is 5.43. The van der Waals surface area contributed by atoms with Crippen LogP contribution in [0.5, 0.6) is 0 Å². The topological polar surface area (TPSA) is 130 Å². The molecule has 0 spiro atoms. The molecule has 10 heteroatoms. The lowest BCUT2D eigenvalue weighted by Crippen LogP contribution is -2.48. The number of azide groups is 1. The Morgan fingerprint density at radius 1 is 1.38 bits per heavy atom. The quantitative estimate of drug-likeness (QED) is 0.458. The molecule has 0 bridgehead atoms. The van der Waals surface area contributed by atoms with Crippen LogP contribution in [0.3, 0.4) is 0 Å². The van der Waals surface area contributed by atoms with E-state index in [1.165, 1.54) is 11.8 Å². The van der Waals surface area contributed by atoms with Crippen LogP contribution >= 0.6 is 23.4 Å². The molecule has 2 aromatic rings. The monoisotopic (exact) mass is 390 g/mol. The van der Waals surface area contributed by atoms with E-state index in [2.05, 4.69) is 31.8 Å². The summed E-state index contributed by atoms with van der Waals surface area (Å²) >= 11 is 7.56. The second kappa shape index (κ2) is 7.59. The summed E-state index contributed by atoms with van der Waals surface area (Å²) in [7, 11) is 0. The number of nitrogens with zero attached hydrogens (tertiary/aromatic N) is 6.